The maximum absolute atomic E-state index is 9.97. The van der Waals surface area contributed by atoms with E-state index in [9.17, 15) is 15.3 Å². The Bertz CT molecular complexity index is 656. The van der Waals surface area contributed by atoms with Gasteiger partial charge in [0.05, 0.1) is 19.3 Å². The highest BCUT2D eigenvalue weighted by Gasteiger charge is 2.39. The minimum atomic E-state index is -1.28. The number of nitrogens with one attached hydrogen (secondary N) is 1. The number of H-pyrrole nitrogens is 1. The minimum Gasteiger partial charge on any atom is -0.388 e. The average Bonchev–Trinajstić information content (AvgIpc) is 2.82. The van der Waals surface area contributed by atoms with Crippen LogP contribution in [0, 0.1) is 4.64 Å². The molecule has 1 saturated heterocycles. The average molecular weight is 284 g/mol. The first kappa shape index (κ1) is 12.6. The van der Waals surface area contributed by atoms with Gasteiger partial charge in [-0.05, 0) is 0 Å². The molecule has 0 bridgehead atoms. The van der Waals surface area contributed by atoms with Gasteiger partial charge in [-0.25, -0.2) is 9.97 Å². The molecule has 1 aliphatic rings. The van der Waals surface area contributed by atoms with Crippen LogP contribution in [0.25, 0.3) is 11.2 Å². The number of ether oxygens (including phenoxy) is 1. The lowest BCUT2D eigenvalue weighted by Crippen LogP contribution is -2.50. The molecule has 3 rings (SSSR count). The van der Waals surface area contributed by atoms with E-state index < -0.39 is 24.5 Å². The number of aliphatic hydroxyl groups excluding tert-OH is 3. The molecule has 8 nitrogen and oxygen atoms in total. The van der Waals surface area contributed by atoms with E-state index in [0.29, 0.717) is 15.8 Å². The van der Waals surface area contributed by atoms with Crippen LogP contribution >= 0.6 is 12.2 Å². The Balaban J connectivity index is 2.05. The third-order valence-electron chi connectivity index (χ3n) is 3.13. The monoisotopic (exact) mass is 284 g/mol. The smallest absolute Gasteiger partial charge is 0.165 e. The van der Waals surface area contributed by atoms with Crippen LogP contribution < -0.4 is 0 Å². The molecule has 2 aromatic heterocycles. The Morgan fingerprint density at radius 1 is 1.32 bits per heavy atom. The molecule has 0 amide bonds. The zero-order valence-electron chi connectivity index (χ0n) is 9.67. The van der Waals surface area contributed by atoms with Gasteiger partial charge in [-0.15, -0.1) is 0 Å². The molecule has 9 heteroatoms. The molecular weight excluding hydrogens is 272 g/mol. The molecule has 4 unspecified atom stereocenters. The molecule has 4 atom stereocenters. The molecule has 0 saturated carbocycles. The molecule has 19 heavy (non-hydrogen) atoms. The third-order valence-corrected chi connectivity index (χ3v) is 3.43. The van der Waals surface area contributed by atoms with E-state index in [1.165, 1.54) is 17.2 Å². The van der Waals surface area contributed by atoms with Crippen molar-refractivity contribution in [3.05, 3.63) is 17.3 Å². The molecular formula is C10H12N4O4S. The van der Waals surface area contributed by atoms with Gasteiger partial charge in [0.2, 0.25) is 0 Å². The fourth-order valence-electron chi connectivity index (χ4n) is 2.10. The molecule has 0 aromatic carbocycles. The van der Waals surface area contributed by atoms with Crippen LogP contribution in [0.2, 0.25) is 0 Å². The minimum absolute atomic E-state index is 0.0750. The van der Waals surface area contributed by atoms with Gasteiger partial charge < -0.3 is 25.0 Å². The van der Waals surface area contributed by atoms with Gasteiger partial charge in [-0.3, -0.25) is 4.57 Å². The van der Waals surface area contributed by atoms with Crippen LogP contribution in [0.5, 0.6) is 0 Å². The van der Waals surface area contributed by atoms with Crippen molar-refractivity contribution >= 4 is 23.4 Å². The molecule has 0 aliphatic carbocycles. The van der Waals surface area contributed by atoms with Crippen molar-refractivity contribution in [3.8, 4) is 0 Å². The maximum Gasteiger partial charge on any atom is 0.165 e. The summed E-state index contributed by atoms with van der Waals surface area (Å²) in [5.41, 5.74) is 1.02. The number of aliphatic hydroxyl groups is 3. The van der Waals surface area contributed by atoms with Gasteiger partial charge in [0.25, 0.3) is 0 Å². The largest absolute Gasteiger partial charge is 0.388 e. The van der Waals surface area contributed by atoms with E-state index in [1.54, 1.807) is 0 Å². The number of fused-ring (bicyclic) bond motifs is 1. The van der Waals surface area contributed by atoms with Crippen molar-refractivity contribution in [2.75, 3.05) is 6.61 Å². The summed E-state index contributed by atoms with van der Waals surface area (Å²) in [4.78, 5) is 10.9. The van der Waals surface area contributed by atoms with Crippen LogP contribution in [0.1, 0.15) is 6.23 Å². The summed E-state index contributed by atoms with van der Waals surface area (Å²) < 4.78 is 7.21. The lowest BCUT2D eigenvalue weighted by Gasteiger charge is -2.35. The highest BCUT2D eigenvalue weighted by molar-refractivity contribution is 7.71. The van der Waals surface area contributed by atoms with Crippen LogP contribution in [0.15, 0.2) is 12.7 Å². The van der Waals surface area contributed by atoms with Crippen molar-refractivity contribution in [2.45, 2.75) is 24.5 Å². The first-order chi connectivity index (χ1) is 9.09. The van der Waals surface area contributed by atoms with Gasteiger partial charge in [0.1, 0.15) is 29.5 Å². The molecule has 102 valence electrons. The lowest BCUT2D eigenvalue weighted by atomic mass is 10.0. The fraction of sp³-hybridized carbons (Fsp3) is 0.500. The first-order valence-electron chi connectivity index (χ1n) is 5.65. The summed E-state index contributed by atoms with van der Waals surface area (Å²) in [6, 6.07) is 0. The standard InChI is InChI=1S/C10H12N4O4S/c15-4-1-18-10(7(17)6(4)16)14-3-13-5-8(14)11-2-12-9(5)19/h2-4,6-7,10,15-17H,1H2,(H,11,12,19). The molecule has 2 aromatic rings. The Hall–Kier alpha value is -1.39. The summed E-state index contributed by atoms with van der Waals surface area (Å²) in [7, 11) is 0. The second-order valence-corrected chi connectivity index (χ2v) is 4.72. The van der Waals surface area contributed by atoms with Gasteiger partial charge in [-0.1, -0.05) is 12.2 Å². The Labute approximate surface area is 112 Å². The topological polar surface area (TPSA) is 116 Å². The Morgan fingerprint density at radius 3 is 2.89 bits per heavy atom. The van der Waals surface area contributed by atoms with Crippen LogP contribution in [0.4, 0.5) is 0 Å². The summed E-state index contributed by atoms with van der Waals surface area (Å²) in [5, 5.41) is 29.1. The Kier molecular flexibility index (Phi) is 3.07. The van der Waals surface area contributed by atoms with E-state index in [-0.39, 0.29) is 6.61 Å². The summed E-state index contributed by atoms with van der Waals surface area (Å²) in [5.74, 6) is 0. The normalized spacial score (nSPS) is 31.7. The van der Waals surface area contributed by atoms with E-state index in [4.69, 9.17) is 17.0 Å². The van der Waals surface area contributed by atoms with E-state index in [1.807, 2.05) is 0 Å². The summed E-state index contributed by atoms with van der Waals surface area (Å²) in [6.45, 7) is -0.0750. The summed E-state index contributed by atoms with van der Waals surface area (Å²) in [6.07, 6.45) is -1.64. The Morgan fingerprint density at radius 2 is 2.11 bits per heavy atom. The van der Waals surface area contributed by atoms with Crippen LogP contribution in [0.3, 0.4) is 0 Å². The molecule has 4 N–H and O–H groups in total. The van der Waals surface area contributed by atoms with E-state index in [0.717, 1.165) is 0 Å². The SMILES string of the molecule is OC1COC(n2cnc3c(=S)nc[nH]c32)C(O)C1O. The molecule has 1 aliphatic heterocycles. The molecule has 1 fully saturated rings. The highest BCUT2D eigenvalue weighted by atomic mass is 32.1. The predicted octanol–water partition coefficient (Wildman–Crippen LogP) is -0.900. The second kappa shape index (κ2) is 4.62. The molecule has 0 radical (unpaired) electrons. The number of hydrogen-bond donors (Lipinski definition) is 4. The van der Waals surface area contributed by atoms with Gasteiger partial charge in [0, 0.05) is 0 Å². The maximum atomic E-state index is 9.97. The zero-order valence-corrected chi connectivity index (χ0v) is 10.5. The summed E-state index contributed by atoms with van der Waals surface area (Å²) >= 11 is 5.04. The third kappa shape index (κ3) is 1.95. The highest BCUT2D eigenvalue weighted by Crippen LogP contribution is 2.26. The van der Waals surface area contributed by atoms with Gasteiger partial charge in [-0.2, -0.15) is 0 Å². The first-order valence-corrected chi connectivity index (χ1v) is 6.06. The van der Waals surface area contributed by atoms with Crippen molar-refractivity contribution < 1.29 is 20.1 Å². The molecule has 3 heterocycles. The van der Waals surface area contributed by atoms with Crippen LogP contribution in [-0.4, -0.2) is 59.8 Å². The fourth-order valence-corrected chi connectivity index (χ4v) is 2.30. The number of hydrogen-bond acceptors (Lipinski definition) is 7. The zero-order chi connectivity index (χ0) is 13.6. The van der Waals surface area contributed by atoms with Gasteiger partial charge >= 0.3 is 0 Å². The number of aromatic amines is 1. The van der Waals surface area contributed by atoms with E-state index in [2.05, 4.69) is 15.0 Å². The number of rotatable bonds is 1. The van der Waals surface area contributed by atoms with Crippen LogP contribution in [-0.2, 0) is 4.74 Å². The number of imidazole rings is 1. The number of nitrogens with zero attached hydrogens (tertiary/aromatic N) is 3. The van der Waals surface area contributed by atoms with Gasteiger partial charge in [0.15, 0.2) is 10.9 Å². The lowest BCUT2D eigenvalue weighted by molar-refractivity contribution is -0.210. The van der Waals surface area contributed by atoms with E-state index >= 15 is 0 Å². The van der Waals surface area contributed by atoms with Crippen molar-refractivity contribution in [1.29, 1.82) is 0 Å². The molecule has 0 spiro atoms. The van der Waals surface area contributed by atoms with Crippen molar-refractivity contribution in [1.82, 2.24) is 19.5 Å². The van der Waals surface area contributed by atoms with Crippen molar-refractivity contribution in [2.24, 2.45) is 0 Å². The second-order valence-electron chi connectivity index (χ2n) is 4.33. The quantitative estimate of drug-likeness (QED) is 0.501. The number of aromatic nitrogens is 4. The van der Waals surface area contributed by atoms with Crippen molar-refractivity contribution in [3.63, 3.8) is 0 Å². The predicted molar refractivity (Wildman–Crippen MR) is 65.7 cm³/mol.